The van der Waals surface area contributed by atoms with Crippen molar-refractivity contribution in [1.82, 2.24) is 9.97 Å². The first-order valence-corrected chi connectivity index (χ1v) is 8.48. The Bertz CT molecular complexity index is 989. The molecular formula is C19H16F3N3O2. The number of alkyl halides is 2. The van der Waals surface area contributed by atoms with Crippen LogP contribution in [0.5, 0.6) is 5.75 Å². The maximum absolute atomic E-state index is 14.5. The van der Waals surface area contributed by atoms with Gasteiger partial charge < -0.3 is 14.6 Å². The zero-order valence-electron chi connectivity index (χ0n) is 14.2. The molecule has 2 heterocycles. The molecule has 5 nitrogen and oxygen atoms in total. The Morgan fingerprint density at radius 1 is 1.26 bits per heavy atom. The average Bonchev–Trinajstić information content (AvgIpc) is 3.08. The fourth-order valence-corrected chi connectivity index (χ4v) is 3.20. The van der Waals surface area contributed by atoms with Crippen molar-refractivity contribution in [2.45, 2.75) is 25.3 Å². The standard InChI is InChI=1S/C19H16F3N3O2/c20-14-8-12(27-6-5-18(21)22)2-3-13(14)17-9-19(26)25(17)11-1-4-15-16(7-11)24-10-23-15/h1-4,7-8,10,17-18H,5-6,9H2,(H,23,24). The number of halogens is 3. The molecule has 1 aliphatic heterocycles. The topological polar surface area (TPSA) is 58.2 Å². The number of aromatic amines is 1. The molecule has 8 heteroatoms. The van der Waals surface area contributed by atoms with Crippen molar-refractivity contribution in [3.8, 4) is 5.75 Å². The summed E-state index contributed by atoms with van der Waals surface area (Å²) >= 11 is 0. The number of fused-ring (bicyclic) bond motifs is 1. The number of carbonyl (C=O) groups excluding carboxylic acids is 1. The molecule has 0 radical (unpaired) electrons. The molecule has 1 fully saturated rings. The third-order valence-electron chi connectivity index (χ3n) is 4.57. The van der Waals surface area contributed by atoms with Gasteiger partial charge in [0.1, 0.15) is 11.6 Å². The number of nitrogens with zero attached hydrogens (tertiary/aromatic N) is 2. The Balaban J connectivity index is 1.54. The van der Waals surface area contributed by atoms with E-state index in [1.54, 1.807) is 24.5 Å². The van der Waals surface area contributed by atoms with Gasteiger partial charge in [-0.25, -0.2) is 18.2 Å². The van der Waals surface area contributed by atoms with Gasteiger partial charge in [0.15, 0.2) is 0 Å². The van der Waals surface area contributed by atoms with Crippen LogP contribution in [-0.2, 0) is 4.79 Å². The van der Waals surface area contributed by atoms with Crippen molar-refractivity contribution in [2.24, 2.45) is 0 Å². The van der Waals surface area contributed by atoms with Crippen molar-refractivity contribution in [2.75, 3.05) is 11.5 Å². The highest BCUT2D eigenvalue weighted by atomic mass is 19.3. The van der Waals surface area contributed by atoms with Crippen LogP contribution >= 0.6 is 0 Å². The summed E-state index contributed by atoms with van der Waals surface area (Å²) < 4.78 is 44.0. The minimum atomic E-state index is -2.46. The van der Waals surface area contributed by atoms with Crippen molar-refractivity contribution in [3.63, 3.8) is 0 Å². The lowest BCUT2D eigenvalue weighted by Crippen LogP contribution is -2.47. The summed E-state index contributed by atoms with van der Waals surface area (Å²) in [6, 6.07) is 9.17. The normalized spacial score (nSPS) is 16.8. The van der Waals surface area contributed by atoms with E-state index in [9.17, 15) is 18.0 Å². The van der Waals surface area contributed by atoms with Crippen LogP contribution in [0.2, 0.25) is 0 Å². The molecule has 1 N–H and O–H groups in total. The maximum Gasteiger partial charge on any atom is 0.241 e. The predicted molar refractivity (Wildman–Crippen MR) is 93.5 cm³/mol. The fourth-order valence-electron chi connectivity index (χ4n) is 3.20. The maximum atomic E-state index is 14.5. The molecule has 0 bridgehead atoms. The lowest BCUT2D eigenvalue weighted by molar-refractivity contribution is -0.124. The number of carbonyl (C=O) groups is 1. The van der Waals surface area contributed by atoms with Crippen LogP contribution in [0.4, 0.5) is 18.9 Å². The highest BCUT2D eigenvalue weighted by Crippen LogP contribution is 2.41. The molecule has 0 saturated carbocycles. The molecule has 140 valence electrons. The average molecular weight is 375 g/mol. The monoisotopic (exact) mass is 375 g/mol. The Hall–Kier alpha value is -3.03. The second-order valence-electron chi connectivity index (χ2n) is 6.30. The first-order chi connectivity index (χ1) is 13.0. The molecule has 27 heavy (non-hydrogen) atoms. The Morgan fingerprint density at radius 2 is 2.11 bits per heavy atom. The number of hydrogen-bond donors (Lipinski definition) is 1. The van der Waals surface area contributed by atoms with Crippen LogP contribution in [0, 0.1) is 5.82 Å². The van der Waals surface area contributed by atoms with Crippen LogP contribution in [0.1, 0.15) is 24.4 Å². The highest BCUT2D eigenvalue weighted by molar-refractivity contribution is 6.02. The van der Waals surface area contributed by atoms with Gasteiger partial charge in [-0.05, 0) is 24.3 Å². The second kappa shape index (κ2) is 6.94. The van der Waals surface area contributed by atoms with E-state index >= 15 is 0 Å². The van der Waals surface area contributed by atoms with E-state index in [4.69, 9.17) is 4.74 Å². The molecule has 1 aromatic heterocycles. The summed E-state index contributed by atoms with van der Waals surface area (Å²) in [6.45, 7) is -0.186. The lowest BCUT2D eigenvalue weighted by atomic mass is 9.92. The van der Waals surface area contributed by atoms with E-state index in [2.05, 4.69) is 9.97 Å². The third kappa shape index (κ3) is 3.34. The molecular weight excluding hydrogens is 359 g/mol. The first kappa shape index (κ1) is 17.4. The summed E-state index contributed by atoms with van der Waals surface area (Å²) in [4.78, 5) is 20.8. The van der Waals surface area contributed by atoms with Crippen molar-refractivity contribution in [3.05, 3.63) is 54.1 Å². The van der Waals surface area contributed by atoms with E-state index in [-0.39, 0.29) is 24.7 Å². The summed E-state index contributed by atoms with van der Waals surface area (Å²) in [7, 11) is 0. The zero-order chi connectivity index (χ0) is 19.0. The van der Waals surface area contributed by atoms with Gasteiger partial charge in [0.25, 0.3) is 0 Å². The van der Waals surface area contributed by atoms with Gasteiger partial charge in [0.2, 0.25) is 12.3 Å². The van der Waals surface area contributed by atoms with E-state index in [0.29, 0.717) is 11.3 Å². The quantitative estimate of drug-likeness (QED) is 0.657. The Kier molecular flexibility index (Phi) is 4.47. The highest BCUT2D eigenvalue weighted by Gasteiger charge is 2.39. The number of rotatable bonds is 6. The fraction of sp³-hybridized carbons (Fsp3) is 0.263. The number of imidazole rings is 1. The predicted octanol–water partition coefficient (Wildman–Crippen LogP) is 4.21. The van der Waals surface area contributed by atoms with Gasteiger partial charge in [0, 0.05) is 23.7 Å². The number of benzene rings is 2. The number of aromatic nitrogens is 2. The molecule has 3 aromatic rings. The van der Waals surface area contributed by atoms with Gasteiger partial charge in [-0.3, -0.25) is 4.79 Å². The molecule has 1 atom stereocenters. The number of hydrogen-bond acceptors (Lipinski definition) is 3. The number of β-lactam (4-membered cyclic amide) rings is 1. The number of anilines is 1. The number of H-pyrrole nitrogens is 1. The second-order valence-corrected chi connectivity index (χ2v) is 6.30. The van der Waals surface area contributed by atoms with Crippen LogP contribution in [0.25, 0.3) is 11.0 Å². The number of amides is 1. The van der Waals surface area contributed by atoms with E-state index < -0.39 is 24.7 Å². The molecule has 0 aliphatic carbocycles. The minimum Gasteiger partial charge on any atom is -0.493 e. The van der Waals surface area contributed by atoms with Gasteiger partial charge in [-0.2, -0.15) is 0 Å². The van der Waals surface area contributed by atoms with Crippen molar-refractivity contribution >= 4 is 22.6 Å². The number of ether oxygens (including phenoxy) is 1. The zero-order valence-corrected chi connectivity index (χ0v) is 14.2. The summed E-state index contributed by atoms with van der Waals surface area (Å²) in [6.07, 6.45) is -1.11. The molecule has 4 rings (SSSR count). The largest absolute Gasteiger partial charge is 0.493 e. The van der Waals surface area contributed by atoms with Gasteiger partial charge in [-0.15, -0.1) is 0 Å². The molecule has 1 amide bonds. The summed E-state index contributed by atoms with van der Waals surface area (Å²) in [5.74, 6) is -0.446. The Morgan fingerprint density at radius 3 is 2.85 bits per heavy atom. The van der Waals surface area contributed by atoms with Crippen LogP contribution < -0.4 is 9.64 Å². The van der Waals surface area contributed by atoms with E-state index in [1.807, 2.05) is 0 Å². The van der Waals surface area contributed by atoms with E-state index in [1.165, 1.54) is 23.1 Å². The van der Waals surface area contributed by atoms with Gasteiger partial charge in [0.05, 0.1) is 36.4 Å². The molecule has 1 aliphatic rings. The van der Waals surface area contributed by atoms with Crippen molar-refractivity contribution < 1.29 is 22.7 Å². The smallest absolute Gasteiger partial charge is 0.241 e. The van der Waals surface area contributed by atoms with Crippen LogP contribution in [0.3, 0.4) is 0 Å². The van der Waals surface area contributed by atoms with Gasteiger partial charge in [-0.1, -0.05) is 6.07 Å². The third-order valence-corrected chi connectivity index (χ3v) is 4.57. The molecule has 2 aromatic carbocycles. The molecule has 1 saturated heterocycles. The molecule has 1 unspecified atom stereocenters. The lowest BCUT2D eigenvalue weighted by Gasteiger charge is -2.40. The first-order valence-electron chi connectivity index (χ1n) is 8.48. The molecule has 0 spiro atoms. The Labute approximate surface area is 152 Å². The van der Waals surface area contributed by atoms with Crippen LogP contribution in [0.15, 0.2) is 42.7 Å². The van der Waals surface area contributed by atoms with Gasteiger partial charge >= 0.3 is 0 Å². The SMILES string of the molecule is O=C1CC(c2ccc(OCCC(F)F)cc2F)N1c1ccc2nc[nH]c2c1. The minimum absolute atomic E-state index is 0.101. The number of nitrogens with one attached hydrogen (secondary N) is 1. The van der Waals surface area contributed by atoms with Crippen molar-refractivity contribution in [1.29, 1.82) is 0 Å². The van der Waals surface area contributed by atoms with Crippen LogP contribution in [-0.4, -0.2) is 28.9 Å². The summed E-state index contributed by atoms with van der Waals surface area (Å²) in [5, 5.41) is 0. The van der Waals surface area contributed by atoms with E-state index in [0.717, 1.165) is 11.0 Å². The summed E-state index contributed by atoms with van der Waals surface area (Å²) in [5.41, 5.74) is 2.58.